The maximum Gasteiger partial charge on any atom is 0.0606 e. The van der Waals surface area contributed by atoms with Crippen LogP contribution in [0.5, 0.6) is 0 Å². The first kappa shape index (κ1) is 16.7. The molecule has 118 valence electrons. The SMILES string of the molecule is CSc1ccc(C(C)Nc2ccc(N(C)CCO)cc2)cc1. The number of benzene rings is 2. The van der Waals surface area contributed by atoms with E-state index in [0.29, 0.717) is 6.54 Å². The molecule has 2 N–H and O–H groups in total. The third-order valence-electron chi connectivity index (χ3n) is 3.74. The number of thioether (sulfide) groups is 1. The monoisotopic (exact) mass is 316 g/mol. The van der Waals surface area contributed by atoms with E-state index >= 15 is 0 Å². The zero-order valence-electron chi connectivity index (χ0n) is 13.4. The van der Waals surface area contributed by atoms with Gasteiger partial charge in [-0.2, -0.15) is 0 Å². The zero-order chi connectivity index (χ0) is 15.9. The van der Waals surface area contributed by atoms with Crippen molar-refractivity contribution < 1.29 is 5.11 Å². The fraction of sp³-hybridized carbons (Fsp3) is 0.333. The van der Waals surface area contributed by atoms with Crippen molar-refractivity contribution in [2.24, 2.45) is 0 Å². The zero-order valence-corrected chi connectivity index (χ0v) is 14.2. The minimum Gasteiger partial charge on any atom is -0.395 e. The van der Waals surface area contributed by atoms with Crippen LogP contribution in [0, 0.1) is 0 Å². The van der Waals surface area contributed by atoms with Gasteiger partial charge in [0.15, 0.2) is 0 Å². The molecule has 0 saturated heterocycles. The smallest absolute Gasteiger partial charge is 0.0606 e. The minimum absolute atomic E-state index is 0.166. The van der Waals surface area contributed by atoms with Crippen LogP contribution in [0.2, 0.25) is 0 Å². The fourth-order valence-electron chi connectivity index (χ4n) is 2.32. The highest BCUT2D eigenvalue weighted by atomic mass is 32.2. The first-order valence-electron chi connectivity index (χ1n) is 7.46. The van der Waals surface area contributed by atoms with Crippen molar-refractivity contribution in [1.82, 2.24) is 0 Å². The van der Waals surface area contributed by atoms with E-state index in [4.69, 9.17) is 5.11 Å². The van der Waals surface area contributed by atoms with Gasteiger partial charge in [0.1, 0.15) is 0 Å². The van der Waals surface area contributed by atoms with Gasteiger partial charge in [-0.05, 0) is 55.1 Å². The van der Waals surface area contributed by atoms with Crippen molar-refractivity contribution >= 4 is 23.1 Å². The van der Waals surface area contributed by atoms with Crippen molar-refractivity contribution in [3.63, 3.8) is 0 Å². The van der Waals surface area contributed by atoms with Gasteiger partial charge in [0.25, 0.3) is 0 Å². The van der Waals surface area contributed by atoms with E-state index in [0.717, 1.165) is 11.4 Å². The van der Waals surface area contributed by atoms with Crippen LogP contribution in [-0.2, 0) is 0 Å². The summed E-state index contributed by atoms with van der Waals surface area (Å²) < 4.78 is 0. The molecule has 1 unspecified atom stereocenters. The molecule has 3 nitrogen and oxygen atoms in total. The van der Waals surface area contributed by atoms with E-state index in [1.807, 2.05) is 11.9 Å². The lowest BCUT2D eigenvalue weighted by atomic mass is 10.1. The van der Waals surface area contributed by atoms with Crippen molar-refractivity contribution in [2.45, 2.75) is 17.9 Å². The second-order valence-corrected chi connectivity index (χ2v) is 6.21. The second-order valence-electron chi connectivity index (χ2n) is 5.33. The molecule has 0 amide bonds. The average molecular weight is 316 g/mol. The van der Waals surface area contributed by atoms with Crippen LogP contribution in [0.1, 0.15) is 18.5 Å². The maximum absolute atomic E-state index is 8.98. The first-order valence-corrected chi connectivity index (χ1v) is 8.69. The molecule has 0 spiro atoms. The Bertz CT molecular complexity index is 569. The van der Waals surface area contributed by atoms with Gasteiger partial charge in [-0.1, -0.05) is 12.1 Å². The Morgan fingerprint density at radius 2 is 1.73 bits per heavy atom. The van der Waals surface area contributed by atoms with Crippen LogP contribution < -0.4 is 10.2 Å². The lowest BCUT2D eigenvalue weighted by Crippen LogP contribution is -2.20. The van der Waals surface area contributed by atoms with E-state index in [2.05, 4.69) is 67.0 Å². The standard InChI is InChI=1S/C18H24N2OS/c1-14(15-4-10-18(22-3)11-5-15)19-16-6-8-17(9-7-16)20(2)12-13-21/h4-11,14,19,21H,12-13H2,1-3H3. The molecule has 4 heteroatoms. The molecule has 0 aromatic heterocycles. The Labute approximate surface area is 137 Å². The Kier molecular flexibility index (Phi) is 6.16. The van der Waals surface area contributed by atoms with Gasteiger partial charge in [0.05, 0.1) is 6.61 Å². The molecule has 2 rings (SSSR count). The van der Waals surface area contributed by atoms with Gasteiger partial charge in [0, 0.05) is 35.9 Å². The van der Waals surface area contributed by atoms with Crippen molar-refractivity contribution in [3.8, 4) is 0 Å². The van der Waals surface area contributed by atoms with Crippen molar-refractivity contribution in [1.29, 1.82) is 0 Å². The highest BCUT2D eigenvalue weighted by Gasteiger charge is 2.06. The summed E-state index contributed by atoms with van der Waals surface area (Å²) in [6, 6.07) is 17.2. The normalized spacial score (nSPS) is 12.0. The molecule has 0 heterocycles. The number of hydrogen-bond acceptors (Lipinski definition) is 4. The van der Waals surface area contributed by atoms with E-state index < -0.39 is 0 Å². The van der Waals surface area contributed by atoms with Gasteiger partial charge in [-0.15, -0.1) is 11.8 Å². The summed E-state index contributed by atoms with van der Waals surface area (Å²) in [4.78, 5) is 3.32. The van der Waals surface area contributed by atoms with Crippen LogP contribution in [0.4, 0.5) is 11.4 Å². The highest BCUT2D eigenvalue weighted by molar-refractivity contribution is 7.98. The van der Waals surface area contributed by atoms with Crippen LogP contribution in [0.15, 0.2) is 53.4 Å². The number of aliphatic hydroxyl groups is 1. The topological polar surface area (TPSA) is 35.5 Å². The van der Waals surface area contributed by atoms with Crippen LogP contribution in [0.25, 0.3) is 0 Å². The molecule has 0 fully saturated rings. The molecular formula is C18H24N2OS. The van der Waals surface area contributed by atoms with E-state index in [1.54, 1.807) is 11.8 Å². The predicted molar refractivity (Wildman–Crippen MR) is 97.1 cm³/mol. The predicted octanol–water partition coefficient (Wildman–Crippen LogP) is 4.01. The molecule has 22 heavy (non-hydrogen) atoms. The Hall–Kier alpha value is -1.65. The number of anilines is 2. The van der Waals surface area contributed by atoms with Crippen LogP contribution >= 0.6 is 11.8 Å². The molecule has 0 aliphatic rings. The average Bonchev–Trinajstić information content (AvgIpc) is 2.55. The Morgan fingerprint density at radius 3 is 2.27 bits per heavy atom. The fourth-order valence-corrected chi connectivity index (χ4v) is 2.73. The van der Waals surface area contributed by atoms with Crippen LogP contribution in [-0.4, -0.2) is 31.6 Å². The maximum atomic E-state index is 8.98. The third kappa shape index (κ3) is 4.42. The summed E-state index contributed by atoms with van der Waals surface area (Å²) in [5.74, 6) is 0. The largest absolute Gasteiger partial charge is 0.395 e. The Morgan fingerprint density at radius 1 is 1.09 bits per heavy atom. The van der Waals surface area contributed by atoms with Gasteiger partial charge in [-0.3, -0.25) is 0 Å². The quantitative estimate of drug-likeness (QED) is 0.757. The second kappa shape index (κ2) is 8.11. The lowest BCUT2D eigenvalue weighted by molar-refractivity contribution is 0.304. The molecule has 0 radical (unpaired) electrons. The molecule has 1 atom stereocenters. The van der Waals surface area contributed by atoms with Gasteiger partial charge in [-0.25, -0.2) is 0 Å². The lowest BCUT2D eigenvalue weighted by Gasteiger charge is -2.20. The molecular weight excluding hydrogens is 292 g/mol. The summed E-state index contributed by atoms with van der Waals surface area (Å²) in [5, 5.41) is 12.5. The molecule has 0 bridgehead atoms. The van der Waals surface area contributed by atoms with Gasteiger partial charge in [0.2, 0.25) is 0 Å². The molecule has 0 aliphatic heterocycles. The molecule has 0 aliphatic carbocycles. The van der Waals surface area contributed by atoms with Crippen molar-refractivity contribution in [3.05, 3.63) is 54.1 Å². The molecule has 2 aromatic rings. The molecule has 0 saturated carbocycles. The highest BCUT2D eigenvalue weighted by Crippen LogP contribution is 2.23. The van der Waals surface area contributed by atoms with E-state index in [1.165, 1.54) is 10.5 Å². The van der Waals surface area contributed by atoms with Gasteiger partial charge < -0.3 is 15.3 Å². The number of hydrogen-bond donors (Lipinski definition) is 2. The summed E-state index contributed by atoms with van der Waals surface area (Å²) >= 11 is 1.76. The van der Waals surface area contributed by atoms with Crippen molar-refractivity contribution in [2.75, 3.05) is 36.7 Å². The number of likely N-dealkylation sites (N-methyl/N-ethyl adjacent to an activating group) is 1. The number of nitrogens with zero attached hydrogens (tertiary/aromatic N) is 1. The third-order valence-corrected chi connectivity index (χ3v) is 4.49. The minimum atomic E-state index is 0.166. The number of rotatable bonds is 7. The molecule has 2 aromatic carbocycles. The Balaban J connectivity index is 2.00. The summed E-state index contributed by atoms with van der Waals surface area (Å²) in [5.41, 5.74) is 3.48. The van der Waals surface area contributed by atoms with E-state index in [-0.39, 0.29) is 12.6 Å². The summed E-state index contributed by atoms with van der Waals surface area (Å²) in [6.07, 6.45) is 2.09. The van der Waals surface area contributed by atoms with Crippen LogP contribution in [0.3, 0.4) is 0 Å². The van der Waals surface area contributed by atoms with Gasteiger partial charge >= 0.3 is 0 Å². The summed E-state index contributed by atoms with van der Waals surface area (Å²) in [6.45, 7) is 2.98. The number of nitrogens with one attached hydrogen (secondary N) is 1. The summed E-state index contributed by atoms with van der Waals surface area (Å²) in [7, 11) is 1.98. The first-order chi connectivity index (χ1) is 10.6. The van der Waals surface area contributed by atoms with E-state index in [9.17, 15) is 0 Å². The number of aliphatic hydroxyl groups excluding tert-OH is 1.